The fraction of sp³-hybridized carbons (Fsp3) is 0.400. The summed E-state index contributed by atoms with van der Waals surface area (Å²) in [7, 11) is 1.61. The molecule has 1 aromatic heterocycles. The summed E-state index contributed by atoms with van der Waals surface area (Å²) in [5.41, 5.74) is 4.32. The third-order valence-corrected chi connectivity index (χ3v) is 5.86. The summed E-state index contributed by atoms with van der Waals surface area (Å²) in [6.07, 6.45) is 2.06. The molecule has 7 nitrogen and oxygen atoms in total. The molecule has 32 heavy (non-hydrogen) atoms. The molecular formula is C25H29N3O4. The summed E-state index contributed by atoms with van der Waals surface area (Å²) in [4.78, 5) is 19.1. The van der Waals surface area contributed by atoms with Crippen molar-refractivity contribution in [3.05, 3.63) is 59.0 Å². The van der Waals surface area contributed by atoms with Crippen LogP contribution in [0.2, 0.25) is 0 Å². The molecule has 1 atom stereocenters. The average molecular weight is 436 g/mol. The molecule has 0 bridgehead atoms. The Hall–Kier alpha value is -3.35. The van der Waals surface area contributed by atoms with Gasteiger partial charge in [0.25, 0.3) is 0 Å². The minimum atomic E-state index is -0.223. The number of hydrogen-bond donors (Lipinski definition) is 0. The van der Waals surface area contributed by atoms with Crippen molar-refractivity contribution in [2.24, 2.45) is 0 Å². The van der Waals surface area contributed by atoms with E-state index in [1.54, 1.807) is 7.11 Å². The number of benzene rings is 2. The molecule has 7 heteroatoms. The Labute approximate surface area is 188 Å². The molecule has 0 radical (unpaired) electrons. The zero-order chi connectivity index (χ0) is 22.7. The van der Waals surface area contributed by atoms with Crippen molar-refractivity contribution in [3.8, 4) is 22.9 Å². The van der Waals surface area contributed by atoms with Crippen molar-refractivity contribution in [2.75, 3.05) is 13.7 Å². The molecule has 1 amide bonds. The Bertz CT molecular complexity index is 1110. The van der Waals surface area contributed by atoms with Crippen LogP contribution in [0, 0.1) is 13.8 Å². The first-order valence-electron chi connectivity index (χ1n) is 11.0. The predicted octanol–water partition coefficient (Wildman–Crippen LogP) is 5.01. The van der Waals surface area contributed by atoms with Crippen LogP contribution in [0.4, 0.5) is 0 Å². The third-order valence-electron chi connectivity index (χ3n) is 5.86. The van der Waals surface area contributed by atoms with Crippen LogP contribution in [0.1, 0.15) is 54.8 Å². The van der Waals surface area contributed by atoms with Gasteiger partial charge in [-0.05, 0) is 61.6 Å². The number of rotatable bonds is 8. The van der Waals surface area contributed by atoms with Crippen molar-refractivity contribution in [2.45, 2.75) is 52.6 Å². The van der Waals surface area contributed by atoms with Gasteiger partial charge in [0.15, 0.2) is 11.5 Å². The van der Waals surface area contributed by atoms with Crippen LogP contribution in [0.25, 0.3) is 11.4 Å². The maximum Gasteiger partial charge on any atom is 0.249 e. The normalized spacial score (nSPS) is 15.9. The monoisotopic (exact) mass is 435 g/mol. The van der Waals surface area contributed by atoms with Crippen LogP contribution in [-0.2, 0) is 11.3 Å². The summed E-state index contributed by atoms with van der Waals surface area (Å²) in [5, 5.41) is 4.17. The van der Waals surface area contributed by atoms with E-state index in [1.165, 1.54) is 11.1 Å². The number of hydrogen-bond acceptors (Lipinski definition) is 6. The van der Waals surface area contributed by atoms with E-state index in [-0.39, 0.29) is 11.9 Å². The van der Waals surface area contributed by atoms with Crippen molar-refractivity contribution in [3.63, 3.8) is 0 Å². The van der Waals surface area contributed by atoms with Gasteiger partial charge in [-0.2, -0.15) is 4.98 Å². The van der Waals surface area contributed by atoms with Gasteiger partial charge in [0.2, 0.25) is 17.6 Å². The largest absolute Gasteiger partial charge is 0.493 e. The summed E-state index contributed by atoms with van der Waals surface area (Å²) < 4.78 is 16.8. The molecule has 0 saturated carbocycles. The Morgan fingerprint density at radius 1 is 1.12 bits per heavy atom. The molecular weight excluding hydrogens is 406 g/mol. The molecule has 1 saturated heterocycles. The number of carbonyl (C=O) groups excluding carboxylic acids is 1. The van der Waals surface area contributed by atoms with E-state index in [0.717, 1.165) is 17.5 Å². The lowest BCUT2D eigenvalue weighted by Crippen LogP contribution is -2.27. The molecule has 0 N–H and O–H groups in total. The second-order valence-corrected chi connectivity index (χ2v) is 8.17. The highest BCUT2D eigenvalue weighted by Crippen LogP contribution is 2.36. The number of amides is 1. The second kappa shape index (κ2) is 9.42. The van der Waals surface area contributed by atoms with Crippen LogP contribution in [0.3, 0.4) is 0 Å². The van der Waals surface area contributed by atoms with Gasteiger partial charge in [0.05, 0.1) is 13.7 Å². The minimum absolute atomic E-state index is 0.104. The second-order valence-electron chi connectivity index (χ2n) is 8.17. The lowest BCUT2D eigenvalue weighted by Gasteiger charge is -2.22. The summed E-state index contributed by atoms with van der Waals surface area (Å²) >= 11 is 0. The topological polar surface area (TPSA) is 77.7 Å². The van der Waals surface area contributed by atoms with Crippen LogP contribution in [-0.4, -0.2) is 34.7 Å². The molecule has 1 unspecified atom stereocenters. The molecule has 3 aromatic rings. The van der Waals surface area contributed by atoms with Gasteiger partial charge in [0, 0.05) is 18.5 Å². The van der Waals surface area contributed by atoms with Crippen LogP contribution in [0.15, 0.2) is 40.9 Å². The molecule has 0 aliphatic carbocycles. The van der Waals surface area contributed by atoms with Gasteiger partial charge >= 0.3 is 0 Å². The maximum atomic E-state index is 12.6. The minimum Gasteiger partial charge on any atom is -0.493 e. The SMILES string of the molecule is CCCOc1ccc(-c2noc(C3CCC(=O)N3Cc3ccc(C)c(C)c3)n2)cc1OC. The van der Waals surface area contributed by atoms with E-state index in [9.17, 15) is 4.79 Å². The number of likely N-dealkylation sites (tertiary alicyclic amines) is 1. The van der Waals surface area contributed by atoms with E-state index in [0.29, 0.717) is 49.2 Å². The van der Waals surface area contributed by atoms with Gasteiger partial charge in [-0.1, -0.05) is 30.3 Å². The zero-order valence-corrected chi connectivity index (χ0v) is 19.1. The molecule has 1 aliphatic heterocycles. The molecule has 168 valence electrons. The van der Waals surface area contributed by atoms with Gasteiger partial charge in [-0.25, -0.2) is 0 Å². The molecule has 2 aromatic carbocycles. The highest BCUT2D eigenvalue weighted by atomic mass is 16.5. The summed E-state index contributed by atoms with van der Waals surface area (Å²) in [5.74, 6) is 2.33. The lowest BCUT2D eigenvalue weighted by atomic mass is 10.1. The Balaban J connectivity index is 1.55. The molecule has 1 fully saturated rings. The summed E-state index contributed by atoms with van der Waals surface area (Å²) in [6.45, 7) is 7.37. The molecule has 2 heterocycles. The number of aryl methyl sites for hydroxylation is 2. The Morgan fingerprint density at radius 2 is 1.97 bits per heavy atom. The van der Waals surface area contributed by atoms with E-state index in [4.69, 9.17) is 14.0 Å². The first-order chi connectivity index (χ1) is 15.5. The van der Waals surface area contributed by atoms with E-state index < -0.39 is 0 Å². The van der Waals surface area contributed by atoms with Crippen LogP contribution in [0.5, 0.6) is 11.5 Å². The molecule has 0 spiro atoms. The van der Waals surface area contributed by atoms with Crippen molar-refractivity contribution in [1.29, 1.82) is 0 Å². The molecule has 4 rings (SSSR count). The van der Waals surface area contributed by atoms with E-state index in [2.05, 4.69) is 49.1 Å². The zero-order valence-electron chi connectivity index (χ0n) is 19.1. The predicted molar refractivity (Wildman–Crippen MR) is 121 cm³/mol. The van der Waals surface area contributed by atoms with Crippen molar-refractivity contribution < 1.29 is 18.8 Å². The Morgan fingerprint density at radius 3 is 2.72 bits per heavy atom. The smallest absolute Gasteiger partial charge is 0.249 e. The van der Waals surface area contributed by atoms with Crippen molar-refractivity contribution >= 4 is 5.91 Å². The fourth-order valence-electron chi connectivity index (χ4n) is 3.91. The van der Waals surface area contributed by atoms with E-state index in [1.807, 2.05) is 23.1 Å². The fourth-order valence-corrected chi connectivity index (χ4v) is 3.91. The molecule has 1 aliphatic rings. The standard InChI is InChI=1S/C25H29N3O4/c1-5-12-31-21-10-8-19(14-22(21)30-4)24-26-25(32-27-24)20-9-11-23(29)28(20)15-18-7-6-16(2)17(3)13-18/h6-8,10,13-14,20H,5,9,11-12,15H2,1-4H3. The van der Waals surface area contributed by atoms with Gasteiger partial charge in [-0.3, -0.25) is 4.79 Å². The highest BCUT2D eigenvalue weighted by molar-refractivity contribution is 5.79. The third kappa shape index (κ3) is 4.47. The number of ether oxygens (including phenoxy) is 2. The number of methoxy groups -OCH3 is 1. The van der Waals surface area contributed by atoms with Crippen molar-refractivity contribution in [1.82, 2.24) is 15.0 Å². The quantitative estimate of drug-likeness (QED) is 0.495. The van der Waals surface area contributed by atoms with Gasteiger partial charge in [0.1, 0.15) is 6.04 Å². The van der Waals surface area contributed by atoms with E-state index >= 15 is 0 Å². The summed E-state index contributed by atoms with van der Waals surface area (Å²) in [6, 6.07) is 11.6. The number of aromatic nitrogens is 2. The van der Waals surface area contributed by atoms with Gasteiger partial charge in [-0.15, -0.1) is 0 Å². The van der Waals surface area contributed by atoms with Crippen LogP contribution >= 0.6 is 0 Å². The first kappa shape index (κ1) is 21.9. The first-order valence-corrected chi connectivity index (χ1v) is 11.0. The van der Waals surface area contributed by atoms with Crippen LogP contribution < -0.4 is 9.47 Å². The number of carbonyl (C=O) groups is 1. The number of nitrogens with zero attached hydrogens (tertiary/aromatic N) is 3. The van der Waals surface area contributed by atoms with Gasteiger partial charge < -0.3 is 18.9 Å². The average Bonchev–Trinajstić information content (AvgIpc) is 3.42. The maximum absolute atomic E-state index is 12.6. The Kier molecular flexibility index (Phi) is 6.44. The lowest BCUT2D eigenvalue weighted by molar-refractivity contribution is -0.130. The highest BCUT2D eigenvalue weighted by Gasteiger charge is 2.36.